The first-order valence-corrected chi connectivity index (χ1v) is 8.02. The van der Waals surface area contributed by atoms with Gasteiger partial charge in [0.1, 0.15) is 12.1 Å². The molecule has 0 aromatic heterocycles. The molecule has 0 radical (unpaired) electrons. The highest BCUT2D eigenvalue weighted by molar-refractivity contribution is 6.10. The van der Waals surface area contributed by atoms with Crippen molar-refractivity contribution >= 4 is 17.4 Å². The molecule has 2 aliphatic heterocycles. The van der Waals surface area contributed by atoms with Gasteiger partial charge < -0.3 is 9.47 Å². The van der Waals surface area contributed by atoms with Crippen molar-refractivity contribution in [3.63, 3.8) is 0 Å². The average Bonchev–Trinajstić information content (AvgIpc) is 2.90. The van der Waals surface area contributed by atoms with Crippen molar-refractivity contribution in [3.8, 4) is 0 Å². The van der Waals surface area contributed by atoms with Gasteiger partial charge in [-0.05, 0) is 37.1 Å². The third-order valence-corrected chi connectivity index (χ3v) is 5.39. The van der Waals surface area contributed by atoms with Crippen LogP contribution < -0.4 is 4.90 Å². The number of hydrogen-bond donors (Lipinski definition) is 0. The molecule has 4 atom stereocenters. The van der Waals surface area contributed by atoms with Crippen molar-refractivity contribution in [2.24, 2.45) is 0 Å². The van der Waals surface area contributed by atoms with E-state index in [9.17, 15) is 9.59 Å². The van der Waals surface area contributed by atoms with Crippen LogP contribution >= 0.6 is 0 Å². The summed E-state index contributed by atoms with van der Waals surface area (Å²) in [7, 11) is 1.54. The van der Waals surface area contributed by atoms with E-state index >= 15 is 0 Å². The number of rotatable bonds is 3. The highest BCUT2D eigenvalue weighted by Crippen LogP contribution is 2.56. The van der Waals surface area contributed by atoms with Gasteiger partial charge in [0.05, 0.1) is 5.41 Å². The van der Waals surface area contributed by atoms with Gasteiger partial charge in [0, 0.05) is 12.8 Å². The number of hydrogen-bond acceptors (Lipinski definition) is 4. The summed E-state index contributed by atoms with van der Waals surface area (Å²) >= 11 is 0. The minimum Gasteiger partial charge on any atom is -0.348 e. The Kier molecular flexibility index (Phi) is 3.11. The van der Waals surface area contributed by atoms with Crippen LogP contribution in [-0.4, -0.2) is 36.7 Å². The van der Waals surface area contributed by atoms with E-state index in [4.69, 9.17) is 9.47 Å². The van der Waals surface area contributed by atoms with Crippen LogP contribution in [-0.2, 0) is 24.5 Å². The first kappa shape index (κ1) is 15.3. The molecule has 5 heteroatoms. The predicted molar refractivity (Wildman–Crippen MR) is 88.6 cm³/mol. The first-order chi connectivity index (χ1) is 11.5. The summed E-state index contributed by atoms with van der Waals surface area (Å²) in [5.41, 5.74) is 0.651. The number of carbonyl (C=O) groups excluding carboxylic acids is 2. The van der Waals surface area contributed by atoms with Gasteiger partial charge in [0.15, 0.2) is 5.78 Å². The average molecular weight is 325 g/mol. The zero-order valence-electron chi connectivity index (χ0n) is 13.7. The second kappa shape index (κ2) is 4.88. The molecule has 1 saturated heterocycles. The van der Waals surface area contributed by atoms with E-state index in [0.717, 1.165) is 11.3 Å². The third-order valence-electron chi connectivity index (χ3n) is 5.39. The molecule has 4 rings (SSSR count). The lowest BCUT2D eigenvalue weighted by Gasteiger charge is -2.52. The summed E-state index contributed by atoms with van der Waals surface area (Å²) in [5, 5.41) is 0. The van der Waals surface area contributed by atoms with E-state index in [1.807, 2.05) is 24.3 Å². The maximum atomic E-state index is 13.0. The Morgan fingerprint density at radius 1 is 1.38 bits per heavy atom. The fraction of sp³-hybridized carbons (Fsp3) is 0.368. The Labute approximate surface area is 140 Å². The number of methoxy groups -OCH3 is 1. The molecule has 5 nitrogen and oxygen atoms in total. The number of para-hydroxylation sites is 1. The molecule has 3 aliphatic rings. The molecular weight excluding hydrogens is 306 g/mol. The Morgan fingerprint density at radius 3 is 2.83 bits per heavy atom. The molecule has 1 aliphatic carbocycles. The molecule has 2 heterocycles. The number of morpholine rings is 1. The monoisotopic (exact) mass is 325 g/mol. The van der Waals surface area contributed by atoms with Gasteiger partial charge in [-0.2, -0.15) is 0 Å². The van der Waals surface area contributed by atoms with Crippen LogP contribution in [0.4, 0.5) is 5.69 Å². The quantitative estimate of drug-likeness (QED) is 0.799. The summed E-state index contributed by atoms with van der Waals surface area (Å²) in [6, 6.07) is 6.97. The predicted octanol–water partition coefficient (Wildman–Crippen LogP) is 2.12. The first-order valence-electron chi connectivity index (χ1n) is 8.02. The van der Waals surface area contributed by atoms with E-state index in [1.165, 1.54) is 6.08 Å². The summed E-state index contributed by atoms with van der Waals surface area (Å²) in [5.74, 6) is -1.36. The van der Waals surface area contributed by atoms with Crippen LogP contribution in [0.5, 0.6) is 0 Å². The van der Waals surface area contributed by atoms with Gasteiger partial charge in [-0.25, -0.2) is 0 Å². The number of anilines is 1. The number of benzene rings is 1. The number of carbonyl (C=O) groups is 2. The van der Waals surface area contributed by atoms with Crippen molar-refractivity contribution in [1.29, 1.82) is 0 Å². The van der Waals surface area contributed by atoms with E-state index in [-0.39, 0.29) is 11.7 Å². The number of ketones is 1. The summed E-state index contributed by atoms with van der Waals surface area (Å²) in [4.78, 5) is 27.6. The Balaban J connectivity index is 2.08. The zero-order valence-corrected chi connectivity index (χ0v) is 13.7. The van der Waals surface area contributed by atoms with Crippen molar-refractivity contribution in [2.45, 2.75) is 36.7 Å². The lowest BCUT2D eigenvalue weighted by Crippen LogP contribution is -2.71. The van der Waals surface area contributed by atoms with Gasteiger partial charge in [0.2, 0.25) is 5.79 Å². The van der Waals surface area contributed by atoms with Gasteiger partial charge in [-0.1, -0.05) is 24.3 Å². The van der Waals surface area contributed by atoms with Crippen molar-refractivity contribution in [1.82, 2.24) is 0 Å². The van der Waals surface area contributed by atoms with Gasteiger partial charge >= 0.3 is 0 Å². The molecule has 1 unspecified atom stereocenters. The molecule has 0 N–H and O–H groups in total. The zero-order chi connectivity index (χ0) is 17.1. The van der Waals surface area contributed by atoms with Crippen molar-refractivity contribution in [2.75, 3.05) is 12.0 Å². The lowest BCUT2D eigenvalue weighted by atomic mass is 9.65. The maximum absolute atomic E-state index is 13.0. The molecule has 0 spiro atoms. The van der Waals surface area contributed by atoms with E-state index < -0.39 is 23.3 Å². The number of fused-ring (bicyclic) bond motifs is 3. The molecule has 1 amide bonds. The van der Waals surface area contributed by atoms with Crippen LogP contribution in [0.3, 0.4) is 0 Å². The number of nitrogens with zero attached hydrogens (tertiary/aromatic N) is 1. The van der Waals surface area contributed by atoms with Crippen LogP contribution in [0.25, 0.3) is 0 Å². The maximum Gasteiger partial charge on any atom is 0.256 e. The highest BCUT2D eigenvalue weighted by Gasteiger charge is 2.68. The highest BCUT2D eigenvalue weighted by atomic mass is 16.7. The van der Waals surface area contributed by atoms with E-state index in [2.05, 4.69) is 6.58 Å². The van der Waals surface area contributed by atoms with E-state index in [1.54, 1.807) is 31.1 Å². The smallest absolute Gasteiger partial charge is 0.256 e. The van der Waals surface area contributed by atoms with Crippen molar-refractivity contribution < 1.29 is 19.1 Å². The minimum atomic E-state index is -1.15. The second-order valence-corrected chi connectivity index (χ2v) is 6.48. The topological polar surface area (TPSA) is 55.8 Å². The van der Waals surface area contributed by atoms with Gasteiger partial charge in [0.25, 0.3) is 5.91 Å². The van der Waals surface area contributed by atoms with E-state index in [0.29, 0.717) is 6.42 Å². The Hall–Kier alpha value is -2.24. The summed E-state index contributed by atoms with van der Waals surface area (Å²) in [6.07, 6.45) is 4.63. The Morgan fingerprint density at radius 2 is 2.12 bits per heavy atom. The van der Waals surface area contributed by atoms with Crippen LogP contribution in [0.15, 0.2) is 49.1 Å². The molecular formula is C19H19NO4. The fourth-order valence-electron chi connectivity index (χ4n) is 4.44. The summed E-state index contributed by atoms with van der Waals surface area (Å²) in [6.45, 7) is 5.54. The second-order valence-electron chi connectivity index (χ2n) is 6.48. The number of allylic oxidation sites excluding steroid dienone is 2. The minimum absolute atomic E-state index is 0.0546. The van der Waals surface area contributed by atoms with Crippen LogP contribution in [0.2, 0.25) is 0 Å². The lowest BCUT2D eigenvalue weighted by molar-refractivity contribution is -0.243. The molecule has 124 valence electrons. The molecule has 1 aromatic carbocycles. The fourth-order valence-corrected chi connectivity index (χ4v) is 4.44. The SMILES string of the molecule is C=CC[C@]12C(=O)C=C[C@]3(OC)O[C@H](C)C(=O)N(c4ccccc41)C32. The Bertz CT molecular complexity index is 785. The number of ether oxygens (including phenoxy) is 2. The summed E-state index contributed by atoms with van der Waals surface area (Å²) < 4.78 is 11.7. The molecule has 0 saturated carbocycles. The van der Waals surface area contributed by atoms with Gasteiger partial charge in [-0.3, -0.25) is 14.5 Å². The third kappa shape index (κ3) is 1.56. The molecule has 0 bridgehead atoms. The van der Waals surface area contributed by atoms with Crippen LogP contribution in [0, 0.1) is 0 Å². The molecule has 24 heavy (non-hydrogen) atoms. The van der Waals surface area contributed by atoms with Gasteiger partial charge in [-0.15, -0.1) is 6.58 Å². The van der Waals surface area contributed by atoms with Crippen molar-refractivity contribution in [3.05, 3.63) is 54.6 Å². The largest absolute Gasteiger partial charge is 0.348 e. The number of amides is 1. The van der Waals surface area contributed by atoms with Crippen LogP contribution in [0.1, 0.15) is 18.9 Å². The standard InChI is InChI=1S/C19H19NO4/c1-4-10-18-13-7-5-6-8-14(13)20-16(22)12(2)24-19(23-3,17(18)20)11-9-15(18)21/h4-9,11-12,17H,1,10H2,2-3H3/t12-,17?,18-,19+/m1/s1. The normalized spacial score (nSPS) is 36.5. The molecule has 1 fully saturated rings. The molecule has 1 aromatic rings.